The molecule has 0 bridgehead atoms. The summed E-state index contributed by atoms with van der Waals surface area (Å²) in [7, 11) is 0. The van der Waals surface area contributed by atoms with E-state index in [-0.39, 0.29) is 23.8 Å². The standard InChI is InChI=1S/C23H24N2O4/c1-3-28-19-9-5-6-16-13-20(29-21(16)19)14(2)24-23(27)17-7-4-8-18(12-17)25-22(26)15-10-11-15/h4-9,12-15H,3,10-11H2,1-2H3,(H,24,27)(H,25,26). The van der Waals surface area contributed by atoms with Crippen molar-refractivity contribution in [1.29, 1.82) is 0 Å². The molecule has 29 heavy (non-hydrogen) atoms. The van der Waals surface area contributed by atoms with E-state index in [0.29, 0.717) is 35.0 Å². The Bertz CT molecular complexity index is 1050. The second kappa shape index (κ2) is 7.99. The molecule has 1 atom stereocenters. The predicted molar refractivity (Wildman–Crippen MR) is 111 cm³/mol. The molecule has 0 spiro atoms. The molecule has 1 saturated carbocycles. The Morgan fingerprint density at radius 3 is 2.72 bits per heavy atom. The van der Waals surface area contributed by atoms with Crippen LogP contribution in [0.1, 0.15) is 48.8 Å². The minimum absolute atomic E-state index is 0.0169. The summed E-state index contributed by atoms with van der Waals surface area (Å²) >= 11 is 0. The van der Waals surface area contributed by atoms with E-state index in [2.05, 4.69) is 10.6 Å². The van der Waals surface area contributed by atoms with Gasteiger partial charge in [-0.05, 0) is 57.0 Å². The van der Waals surface area contributed by atoms with Crippen molar-refractivity contribution >= 4 is 28.5 Å². The van der Waals surface area contributed by atoms with Crippen LogP contribution in [0, 0.1) is 5.92 Å². The zero-order valence-corrected chi connectivity index (χ0v) is 16.5. The monoisotopic (exact) mass is 392 g/mol. The molecule has 1 aliphatic rings. The van der Waals surface area contributed by atoms with Crippen LogP contribution in [-0.4, -0.2) is 18.4 Å². The maximum Gasteiger partial charge on any atom is 0.251 e. The number of ether oxygens (including phenoxy) is 1. The SMILES string of the molecule is CCOc1cccc2cc(C(C)NC(=O)c3cccc(NC(=O)C4CC4)c3)oc12. The average molecular weight is 392 g/mol. The van der Waals surface area contributed by atoms with Crippen LogP contribution in [0.3, 0.4) is 0 Å². The smallest absolute Gasteiger partial charge is 0.251 e. The van der Waals surface area contributed by atoms with Crippen molar-refractivity contribution in [2.75, 3.05) is 11.9 Å². The third kappa shape index (κ3) is 4.26. The number of benzene rings is 2. The van der Waals surface area contributed by atoms with Crippen LogP contribution in [0.25, 0.3) is 11.0 Å². The zero-order valence-electron chi connectivity index (χ0n) is 16.5. The number of hydrogen-bond acceptors (Lipinski definition) is 4. The van der Waals surface area contributed by atoms with Gasteiger partial charge in [-0.1, -0.05) is 18.2 Å². The van der Waals surface area contributed by atoms with Gasteiger partial charge in [-0.25, -0.2) is 0 Å². The van der Waals surface area contributed by atoms with Crippen LogP contribution in [0.15, 0.2) is 52.9 Å². The molecule has 150 valence electrons. The fraction of sp³-hybridized carbons (Fsp3) is 0.304. The Hall–Kier alpha value is -3.28. The first kappa shape index (κ1) is 19.1. The van der Waals surface area contributed by atoms with Gasteiger partial charge in [-0.3, -0.25) is 9.59 Å². The van der Waals surface area contributed by atoms with E-state index in [1.165, 1.54) is 0 Å². The molecule has 2 aromatic carbocycles. The van der Waals surface area contributed by atoms with E-state index < -0.39 is 0 Å². The molecule has 1 aromatic heterocycles. The van der Waals surface area contributed by atoms with E-state index in [9.17, 15) is 9.59 Å². The summed E-state index contributed by atoms with van der Waals surface area (Å²) in [6, 6.07) is 14.3. The number of carbonyl (C=O) groups excluding carboxylic acids is 2. The van der Waals surface area contributed by atoms with Gasteiger partial charge >= 0.3 is 0 Å². The molecule has 2 N–H and O–H groups in total. The number of carbonyl (C=O) groups is 2. The second-order valence-corrected chi connectivity index (χ2v) is 7.30. The van der Waals surface area contributed by atoms with E-state index in [0.717, 1.165) is 18.2 Å². The Kier molecular flexibility index (Phi) is 5.25. The number of para-hydroxylation sites is 1. The van der Waals surface area contributed by atoms with Crippen LogP contribution in [0.2, 0.25) is 0 Å². The molecule has 4 rings (SSSR count). The van der Waals surface area contributed by atoms with Crippen LogP contribution < -0.4 is 15.4 Å². The van der Waals surface area contributed by atoms with Gasteiger partial charge in [0.2, 0.25) is 5.91 Å². The van der Waals surface area contributed by atoms with Crippen LogP contribution in [-0.2, 0) is 4.79 Å². The van der Waals surface area contributed by atoms with Crippen molar-refractivity contribution < 1.29 is 18.7 Å². The first-order chi connectivity index (χ1) is 14.0. The maximum atomic E-state index is 12.7. The van der Waals surface area contributed by atoms with E-state index >= 15 is 0 Å². The third-order valence-electron chi connectivity index (χ3n) is 4.94. The summed E-state index contributed by atoms with van der Waals surface area (Å²) in [4.78, 5) is 24.7. The number of amides is 2. The van der Waals surface area contributed by atoms with Crippen molar-refractivity contribution in [1.82, 2.24) is 5.32 Å². The lowest BCUT2D eigenvalue weighted by Gasteiger charge is -2.12. The van der Waals surface area contributed by atoms with Gasteiger partial charge in [0.1, 0.15) is 5.76 Å². The number of nitrogens with one attached hydrogen (secondary N) is 2. The summed E-state index contributed by atoms with van der Waals surface area (Å²) in [5.41, 5.74) is 1.79. The van der Waals surface area contributed by atoms with E-state index in [1.54, 1.807) is 24.3 Å². The second-order valence-electron chi connectivity index (χ2n) is 7.30. The number of fused-ring (bicyclic) bond motifs is 1. The Morgan fingerprint density at radius 2 is 1.97 bits per heavy atom. The molecular weight excluding hydrogens is 368 g/mol. The van der Waals surface area contributed by atoms with Gasteiger partial charge in [0.05, 0.1) is 12.6 Å². The van der Waals surface area contributed by atoms with Gasteiger partial charge in [0.15, 0.2) is 11.3 Å². The fourth-order valence-corrected chi connectivity index (χ4v) is 3.22. The van der Waals surface area contributed by atoms with Crippen molar-refractivity contribution in [2.24, 2.45) is 5.92 Å². The Morgan fingerprint density at radius 1 is 1.17 bits per heavy atom. The molecule has 3 aromatic rings. The summed E-state index contributed by atoms with van der Waals surface area (Å²) < 4.78 is 11.6. The minimum atomic E-state index is -0.325. The maximum absolute atomic E-state index is 12.7. The quantitative estimate of drug-likeness (QED) is 0.612. The van der Waals surface area contributed by atoms with Crippen LogP contribution >= 0.6 is 0 Å². The number of hydrogen-bond donors (Lipinski definition) is 2. The molecule has 2 amide bonds. The lowest BCUT2D eigenvalue weighted by atomic mass is 10.1. The van der Waals surface area contributed by atoms with E-state index in [4.69, 9.17) is 9.15 Å². The molecule has 1 aliphatic carbocycles. The number of anilines is 1. The summed E-state index contributed by atoms with van der Waals surface area (Å²) in [6.45, 7) is 4.34. The lowest BCUT2D eigenvalue weighted by molar-refractivity contribution is -0.117. The topological polar surface area (TPSA) is 80.6 Å². The highest BCUT2D eigenvalue weighted by Gasteiger charge is 2.29. The third-order valence-corrected chi connectivity index (χ3v) is 4.94. The molecular formula is C23H24N2O4. The van der Waals surface area contributed by atoms with Crippen molar-refractivity contribution in [2.45, 2.75) is 32.7 Å². The molecule has 1 unspecified atom stereocenters. The average Bonchev–Trinajstić information content (AvgIpc) is 3.47. The molecule has 1 fully saturated rings. The van der Waals surface area contributed by atoms with Gasteiger partial charge in [0, 0.05) is 22.6 Å². The van der Waals surface area contributed by atoms with Crippen molar-refractivity contribution in [3.8, 4) is 5.75 Å². The largest absolute Gasteiger partial charge is 0.490 e. The first-order valence-corrected chi connectivity index (χ1v) is 9.92. The summed E-state index contributed by atoms with van der Waals surface area (Å²) in [6.07, 6.45) is 1.87. The van der Waals surface area contributed by atoms with Gasteiger partial charge < -0.3 is 19.8 Å². The molecule has 0 saturated heterocycles. The van der Waals surface area contributed by atoms with Crippen molar-refractivity contribution in [3.05, 3.63) is 59.9 Å². The first-order valence-electron chi connectivity index (χ1n) is 9.92. The van der Waals surface area contributed by atoms with Crippen molar-refractivity contribution in [3.63, 3.8) is 0 Å². The Balaban J connectivity index is 1.47. The highest BCUT2D eigenvalue weighted by molar-refractivity contribution is 5.98. The van der Waals surface area contributed by atoms with Crippen LogP contribution in [0.4, 0.5) is 5.69 Å². The molecule has 6 heteroatoms. The molecule has 1 heterocycles. The minimum Gasteiger partial charge on any atom is -0.490 e. The number of rotatable bonds is 7. The molecule has 0 aliphatic heterocycles. The highest BCUT2D eigenvalue weighted by Crippen LogP contribution is 2.32. The van der Waals surface area contributed by atoms with Gasteiger partial charge in [0.25, 0.3) is 5.91 Å². The van der Waals surface area contributed by atoms with E-state index in [1.807, 2.05) is 38.1 Å². The lowest BCUT2D eigenvalue weighted by Crippen LogP contribution is -2.26. The van der Waals surface area contributed by atoms with Crippen LogP contribution in [0.5, 0.6) is 5.75 Å². The Labute approximate surface area is 169 Å². The van der Waals surface area contributed by atoms with Gasteiger partial charge in [-0.15, -0.1) is 0 Å². The highest BCUT2D eigenvalue weighted by atomic mass is 16.5. The molecule has 6 nitrogen and oxygen atoms in total. The normalized spacial score (nSPS) is 14.4. The predicted octanol–water partition coefficient (Wildman–Crippen LogP) is 4.67. The summed E-state index contributed by atoms with van der Waals surface area (Å²) in [5, 5.41) is 6.75. The van der Waals surface area contributed by atoms with Gasteiger partial charge in [-0.2, -0.15) is 0 Å². The molecule has 0 radical (unpaired) electrons. The summed E-state index contributed by atoms with van der Waals surface area (Å²) in [5.74, 6) is 1.24. The fourth-order valence-electron chi connectivity index (χ4n) is 3.22. The zero-order chi connectivity index (χ0) is 20.4. The number of furan rings is 1.